The second kappa shape index (κ2) is 10.1. The predicted molar refractivity (Wildman–Crippen MR) is 158 cm³/mol. The summed E-state index contributed by atoms with van der Waals surface area (Å²) in [6.07, 6.45) is 7.90. The lowest BCUT2D eigenvalue weighted by atomic mass is 10.0. The first-order chi connectivity index (χ1) is 19.4. The highest BCUT2D eigenvalue weighted by Crippen LogP contribution is 2.30. The number of nitrogen functional groups attached to an aromatic ring is 1. The fraction of sp³-hybridized carbons (Fsp3) is 0.133. The summed E-state index contributed by atoms with van der Waals surface area (Å²) in [7, 11) is 1.68. The Morgan fingerprint density at radius 1 is 0.975 bits per heavy atom. The zero-order valence-electron chi connectivity index (χ0n) is 21.9. The number of benzene rings is 2. The maximum Gasteiger partial charge on any atom is 0.266 e. The van der Waals surface area contributed by atoms with Gasteiger partial charge in [-0.1, -0.05) is 36.4 Å². The van der Waals surface area contributed by atoms with Gasteiger partial charge in [-0.3, -0.25) is 19.1 Å². The molecule has 0 fully saturated rings. The van der Waals surface area contributed by atoms with Crippen LogP contribution in [0, 0.1) is 0 Å². The van der Waals surface area contributed by atoms with Gasteiger partial charge in [0.2, 0.25) is 11.5 Å². The summed E-state index contributed by atoms with van der Waals surface area (Å²) in [4.78, 5) is 44.4. The van der Waals surface area contributed by atoms with Crippen LogP contribution in [0.4, 0.5) is 11.8 Å². The Bertz CT molecular complexity index is 1940. The Balaban J connectivity index is 1.55. The Kier molecular flexibility index (Phi) is 6.27. The molecule has 0 aliphatic carbocycles. The SMILES string of the molecule is C[C@H](Nc1nc(N)ncc1C1=CCC=N1)c1nc2cccc(-c3ccc(=O)n(C)c3)c2c(=O)n1-c1ccccc1. The van der Waals surface area contributed by atoms with E-state index < -0.39 is 6.04 Å². The van der Waals surface area contributed by atoms with Crippen molar-refractivity contribution in [2.24, 2.45) is 12.0 Å². The van der Waals surface area contributed by atoms with Gasteiger partial charge >= 0.3 is 0 Å². The molecule has 0 radical (unpaired) electrons. The minimum atomic E-state index is -0.461. The average Bonchev–Trinajstić information content (AvgIpc) is 3.49. The van der Waals surface area contributed by atoms with Crippen molar-refractivity contribution in [1.29, 1.82) is 0 Å². The van der Waals surface area contributed by atoms with Gasteiger partial charge in [0.1, 0.15) is 11.6 Å². The number of allylic oxidation sites excluding steroid dienone is 1. The van der Waals surface area contributed by atoms with Crippen molar-refractivity contribution in [3.63, 3.8) is 0 Å². The van der Waals surface area contributed by atoms with Crippen molar-refractivity contribution >= 4 is 34.6 Å². The molecule has 10 heteroatoms. The lowest BCUT2D eigenvalue weighted by Crippen LogP contribution is -2.28. The molecule has 1 aliphatic heterocycles. The van der Waals surface area contributed by atoms with Crippen LogP contribution in [0.15, 0.2) is 93.7 Å². The summed E-state index contributed by atoms with van der Waals surface area (Å²) in [5.41, 5.74) is 9.70. The number of aliphatic imine (C=N–C) groups is 1. The fourth-order valence-corrected chi connectivity index (χ4v) is 4.87. The standard InChI is InChI=1S/C30H26N8O2/c1-18(34-27-22(16-33-30(31)36-27)23-12-7-15-32-23)28-35-24-11-6-10-21(19-13-14-25(39)37(2)17-19)26(24)29(40)38(28)20-8-4-3-5-9-20/h3-6,8-18H,7H2,1-2H3,(H3,31,33,34,36)/t18-/m0/s1. The summed E-state index contributed by atoms with van der Waals surface area (Å²) < 4.78 is 3.11. The molecule has 0 unspecified atom stereocenters. The zero-order chi connectivity index (χ0) is 27.8. The van der Waals surface area contributed by atoms with E-state index >= 15 is 0 Å². The normalized spacial score (nSPS) is 13.4. The van der Waals surface area contributed by atoms with Crippen LogP contribution in [-0.4, -0.2) is 30.3 Å². The molecule has 10 nitrogen and oxygen atoms in total. The molecular weight excluding hydrogens is 504 g/mol. The van der Waals surface area contributed by atoms with Gasteiger partial charge in [0.15, 0.2) is 0 Å². The summed E-state index contributed by atoms with van der Waals surface area (Å²) >= 11 is 0. The van der Waals surface area contributed by atoms with Gasteiger partial charge in [-0.15, -0.1) is 0 Å². The van der Waals surface area contributed by atoms with Crippen LogP contribution in [0.1, 0.15) is 30.8 Å². The monoisotopic (exact) mass is 530 g/mol. The van der Waals surface area contributed by atoms with E-state index in [1.807, 2.05) is 67.7 Å². The van der Waals surface area contributed by atoms with E-state index in [0.29, 0.717) is 39.4 Å². The molecule has 0 bridgehead atoms. The first kappa shape index (κ1) is 24.9. The van der Waals surface area contributed by atoms with E-state index in [-0.39, 0.29) is 17.1 Å². The van der Waals surface area contributed by atoms with Crippen molar-refractivity contribution in [2.45, 2.75) is 19.4 Å². The molecule has 3 aromatic heterocycles. The van der Waals surface area contributed by atoms with Crippen LogP contribution in [0.2, 0.25) is 0 Å². The van der Waals surface area contributed by atoms with E-state index in [4.69, 9.17) is 10.7 Å². The van der Waals surface area contributed by atoms with Crippen molar-refractivity contribution < 1.29 is 0 Å². The van der Waals surface area contributed by atoms with Crippen molar-refractivity contribution in [3.8, 4) is 16.8 Å². The molecule has 1 aliphatic rings. The van der Waals surface area contributed by atoms with E-state index in [2.05, 4.69) is 20.3 Å². The van der Waals surface area contributed by atoms with Crippen LogP contribution in [0.3, 0.4) is 0 Å². The maximum atomic E-state index is 14.3. The van der Waals surface area contributed by atoms with Crippen molar-refractivity contribution in [1.82, 2.24) is 24.1 Å². The topological polar surface area (TPSA) is 133 Å². The van der Waals surface area contributed by atoms with Crippen molar-refractivity contribution in [2.75, 3.05) is 11.1 Å². The van der Waals surface area contributed by atoms with Gasteiger partial charge in [-0.2, -0.15) is 4.98 Å². The minimum Gasteiger partial charge on any atom is -0.368 e. The Hall–Kier alpha value is -5.38. The Labute approximate surface area is 229 Å². The molecule has 198 valence electrons. The predicted octanol–water partition coefficient (Wildman–Crippen LogP) is 4.11. The second-order valence-corrected chi connectivity index (χ2v) is 9.51. The van der Waals surface area contributed by atoms with Crippen LogP contribution >= 0.6 is 0 Å². The number of hydrogen-bond donors (Lipinski definition) is 2. The zero-order valence-corrected chi connectivity index (χ0v) is 21.9. The van der Waals surface area contributed by atoms with Gasteiger partial charge in [-0.25, -0.2) is 9.97 Å². The van der Waals surface area contributed by atoms with Crippen LogP contribution in [0.5, 0.6) is 0 Å². The number of pyridine rings is 1. The molecule has 6 rings (SSSR count). The molecule has 1 atom stereocenters. The lowest BCUT2D eigenvalue weighted by Gasteiger charge is -2.22. The van der Waals surface area contributed by atoms with Gasteiger partial charge in [-0.05, 0) is 42.3 Å². The van der Waals surface area contributed by atoms with Crippen LogP contribution in [0.25, 0.3) is 33.4 Å². The molecule has 0 amide bonds. The Morgan fingerprint density at radius 3 is 2.55 bits per heavy atom. The maximum absolute atomic E-state index is 14.3. The first-order valence-electron chi connectivity index (χ1n) is 12.8. The van der Waals surface area contributed by atoms with Gasteiger partial charge in [0.05, 0.1) is 33.9 Å². The van der Waals surface area contributed by atoms with E-state index in [1.165, 1.54) is 10.6 Å². The summed E-state index contributed by atoms with van der Waals surface area (Å²) in [5.74, 6) is 1.11. The van der Waals surface area contributed by atoms with Crippen molar-refractivity contribution in [3.05, 3.63) is 111 Å². The largest absolute Gasteiger partial charge is 0.368 e. The van der Waals surface area contributed by atoms with Crippen LogP contribution in [-0.2, 0) is 7.05 Å². The lowest BCUT2D eigenvalue weighted by molar-refractivity contribution is 0.730. The average molecular weight is 531 g/mol. The molecule has 5 aromatic rings. The Morgan fingerprint density at radius 2 is 1.80 bits per heavy atom. The molecular formula is C30H26N8O2. The molecule has 3 N–H and O–H groups in total. The number of nitrogens with one attached hydrogen (secondary N) is 1. The second-order valence-electron chi connectivity index (χ2n) is 9.51. The molecule has 40 heavy (non-hydrogen) atoms. The molecule has 0 spiro atoms. The number of aromatic nitrogens is 5. The number of anilines is 2. The van der Waals surface area contributed by atoms with E-state index in [9.17, 15) is 9.59 Å². The smallest absolute Gasteiger partial charge is 0.266 e. The molecule has 2 aromatic carbocycles. The third kappa shape index (κ3) is 4.45. The van der Waals surface area contributed by atoms with E-state index in [1.54, 1.807) is 30.1 Å². The summed E-state index contributed by atoms with van der Waals surface area (Å²) in [5, 5.41) is 3.86. The van der Waals surface area contributed by atoms with E-state index in [0.717, 1.165) is 17.7 Å². The number of aryl methyl sites for hydroxylation is 1. The molecule has 0 saturated carbocycles. The number of hydrogen-bond acceptors (Lipinski definition) is 8. The highest BCUT2D eigenvalue weighted by atomic mass is 16.1. The van der Waals surface area contributed by atoms with Gasteiger partial charge in [0.25, 0.3) is 5.56 Å². The quantitative estimate of drug-likeness (QED) is 0.337. The fourth-order valence-electron chi connectivity index (χ4n) is 4.87. The van der Waals surface area contributed by atoms with Crippen LogP contribution < -0.4 is 22.2 Å². The highest BCUT2D eigenvalue weighted by molar-refractivity contribution is 5.94. The number of nitrogens with zero attached hydrogens (tertiary/aromatic N) is 6. The third-order valence-corrected chi connectivity index (χ3v) is 6.81. The number of para-hydroxylation sites is 1. The summed E-state index contributed by atoms with van der Waals surface area (Å²) in [6, 6.07) is 17.7. The number of fused-ring (bicyclic) bond motifs is 1. The third-order valence-electron chi connectivity index (χ3n) is 6.81. The number of nitrogens with two attached hydrogens (primary N) is 1. The molecule has 4 heterocycles. The summed E-state index contributed by atoms with van der Waals surface area (Å²) in [6.45, 7) is 1.91. The number of rotatable bonds is 6. The molecule has 0 saturated heterocycles. The van der Waals surface area contributed by atoms with Gasteiger partial charge in [0, 0.05) is 38.1 Å². The highest BCUT2D eigenvalue weighted by Gasteiger charge is 2.22. The minimum absolute atomic E-state index is 0.120. The first-order valence-corrected chi connectivity index (χ1v) is 12.8. The van der Waals surface area contributed by atoms with Gasteiger partial charge < -0.3 is 15.6 Å².